The number of fused-ring (bicyclic) bond motifs is 1. The van der Waals surface area contributed by atoms with Crippen molar-refractivity contribution in [1.82, 2.24) is 5.32 Å². The highest BCUT2D eigenvalue weighted by molar-refractivity contribution is 5.43. The number of benzene rings is 1. The second-order valence-corrected chi connectivity index (χ2v) is 4.14. The fourth-order valence-electron chi connectivity index (χ4n) is 1.68. The fraction of sp³-hybridized carbons (Fsp3) is 0.462. The zero-order valence-corrected chi connectivity index (χ0v) is 9.90. The highest BCUT2D eigenvalue weighted by atomic mass is 16.6. The van der Waals surface area contributed by atoms with Crippen molar-refractivity contribution in [3.05, 3.63) is 23.8 Å². The van der Waals surface area contributed by atoms with E-state index in [4.69, 9.17) is 14.7 Å². The van der Waals surface area contributed by atoms with Gasteiger partial charge in [0.2, 0.25) is 0 Å². The monoisotopic (exact) mass is 232 g/mol. The van der Waals surface area contributed by atoms with Gasteiger partial charge in [-0.15, -0.1) is 0 Å². The van der Waals surface area contributed by atoms with E-state index in [0.717, 1.165) is 23.6 Å². The zero-order valence-electron chi connectivity index (χ0n) is 9.90. The Kier molecular flexibility index (Phi) is 3.84. The van der Waals surface area contributed by atoms with Gasteiger partial charge in [0.1, 0.15) is 13.2 Å². The van der Waals surface area contributed by atoms with Crippen molar-refractivity contribution in [3.8, 4) is 17.6 Å². The lowest BCUT2D eigenvalue weighted by atomic mass is 10.1. The summed E-state index contributed by atoms with van der Waals surface area (Å²) in [5.41, 5.74) is 1.14. The Bertz CT molecular complexity index is 426. The molecule has 90 valence electrons. The molecule has 0 spiro atoms. The molecule has 0 bridgehead atoms. The largest absolute Gasteiger partial charge is 0.486 e. The van der Waals surface area contributed by atoms with E-state index in [0.29, 0.717) is 19.8 Å². The van der Waals surface area contributed by atoms with E-state index < -0.39 is 0 Å². The number of rotatable bonds is 4. The minimum absolute atomic E-state index is 0.0345. The van der Waals surface area contributed by atoms with Gasteiger partial charge in [-0.3, -0.25) is 0 Å². The number of nitriles is 1. The smallest absolute Gasteiger partial charge is 0.161 e. The van der Waals surface area contributed by atoms with Gasteiger partial charge in [0.05, 0.1) is 12.0 Å². The molecule has 1 atom stereocenters. The van der Waals surface area contributed by atoms with Crippen molar-refractivity contribution in [2.24, 2.45) is 5.92 Å². The Morgan fingerprint density at radius 3 is 2.88 bits per heavy atom. The first kappa shape index (κ1) is 11.7. The van der Waals surface area contributed by atoms with Gasteiger partial charge in [-0.1, -0.05) is 6.07 Å². The van der Waals surface area contributed by atoms with Crippen LogP contribution in [0.25, 0.3) is 0 Å². The number of nitrogens with one attached hydrogen (secondary N) is 1. The summed E-state index contributed by atoms with van der Waals surface area (Å²) < 4.78 is 11.0. The van der Waals surface area contributed by atoms with Gasteiger partial charge in [-0.25, -0.2) is 0 Å². The molecule has 1 N–H and O–H groups in total. The van der Waals surface area contributed by atoms with Crippen LogP contribution < -0.4 is 14.8 Å². The lowest BCUT2D eigenvalue weighted by molar-refractivity contribution is 0.171. The lowest BCUT2D eigenvalue weighted by Crippen LogP contribution is -2.20. The van der Waals surface area contributed by atoms with E-state index in [2.05, 4.69) is 11.4 Å². The molecule has 1 aromatic rings. The van der Waals surface area contributed by atoms with Gasteiger partial charge in [0, 0.05) is 13.1 Å². The van der Waals surface area contributed by atoms with Crippen LogP contribution in [0.5, 0.6) is 11.5 Å². The standard InChI is InChI=1S/C13H16N2O2/c1-10(7-14)8-15-9-11-2-3-12-13(6-11)17-5-4-16-12/h2-3,6,10,15H,4-5,8-9H2,1H3. The molecule has 1 heterocycles. The van der Waals surface area contributed by atoms with Crippen molar-refractivity contribution in [2.75, 3.05) is 19.8 Å². The highest BCUT2D eigenvalue weighted by Gasteiger charge is 2.11. The molecule has 1 aliphatic heterocycles. The van der Waals surface area contributed by atoms with Gasteiger partial charge in [0.15, 0.2) is 11.5 Å². The number of hydrogen-bond donors (Lipinski definition) is 1. The topological polar surface area (TPSA) is 54.3 Å². The van der Waals surface area contributed by atoms with E-state index in [1.807, 2.05) is 25.1 Å². The van der Waals surface area contributed by atoms with E-state index in [-0.39, 0.29) is 5.92 Å². The first-order chi connectivity index (χ1) is 8.29. The van der Waals surface area contributed by atoms with Gasteiger partial charge >= 0.3 is 0 Å². The molecule has 4 nitrogen and oxygen atoms in total. The molecule has 0 fully saturated rings. The van der Waals surface area contributed by atoms with Crippen LogP contribution in [-0.2, 0) is 6.54 Å². The third kappa shape index (κ3) is 3.11. The van der Waals surface area contributed by atoms with Crippen molar-refractivity contribution >= 4 is 0 Å². The zero-order chi connectivity index (χ0) is 12.1. The molecule has 0 saturated heterocycles. The maximum absolute atomic E-state index is 8.66. The molecule has 1 aromatic carbocycles. The SMILES string of the molecule is CC(C#N)CNCc1ccc2c(c1)OCCO2. The van der Waals surface area contributed by atoms with Crippen LogP contribution in [0.3, 0.4) is 0 Å². The van der Waals surface area contributed by atoms with Crippen LogP contribution in [0.15, 0.2) is 18.2 Å². The molecule has 0 saturated carbocycles. The quantitative estimate of drug-likeness (QED) is 0.858. The summed E-state index contributed by atoms with van der Waals surface area (Å²) in [4.78, 5) is 0. The third-order valence-electron chi connectivity index (χ3n) is 2.61. The van der Waals surface area contributed by atoms with Crippen molar-refractivity contribution in [1.29, 1.82) is 5.26 Å². The molecule has 0 aliphatic carbocycles. The molecular formula is C13H16N2O2. The lowest BCUT2D eigenvalue weighted by Gasteiger charge is -2.19. The third-order valence-corrected chi connectivity index (χ3v) is 2.61. The highest BCUT2D eigenvalue weighted by Crippen LogP contribution is 2.30. The van der Waals surface area contributed by atoms with Crippen LogP contribution in [0.4, 0.5) is 0 Å². The van der Waals surface area contributed by atoms with Crippen LogP contribution in [0, 0.1) is 17.2 Å². The van der Waals surface area contributed by atoms with E-state index in [9.17, 15) is 0 Å². The molecule has 2 rings (SSSR count). The Labute approximate surface area is 101 Å². The van der Waals surface area contributed by atoms with Gasteiger partial charge in [-0.05, 0) is 24.6 Å². The van der Waals surface area contributed by atoms with E-state index in [1.54, 1.807) is 0 Å². The van der Waals surface area contributed by atoms with Crippen LogP contribution in [0.1, 0.15) is 12.5 Å². The first-order valence-electron chi connectivity index (χ1n) is 5.78. The summed E-state index contributed by atoms with van der Waals surface area (Å²) in [5.74, 6) is 1.65. The van der Waals surface area contributed by atoms with Crippen LogP contribution >= 0.6 is 0 Å². The normalized spacial score (nSPS) is 15.1. The van der Waals surface area contributed by atoms with Crippen molar-refractivity contribution < 1.29 is 9.47 Å². The molecule has 17 heavy (non-hydrogen) atoms. The molecule has 0 radical (unpaired) electrons. The Morgan fingerprint density at radius 2 is 2.12 bits per heavy atom. The van der Waals surface area contributed by atoms with Gasteiger partial charge in [-0.2, -0.15) is 5.26 Å². The van der Waals surface area contributed by atoms with Crippen LogP contribution in [-0.4, -0.2) is 19.8 Å². The summed E-state index contributed by atoms with van der Waals surface area (Å²) in [6, 6.07) is 8.12. The summed E-state index contributed by atoms with van der Waals surface area (Å²) in [6.45, 7) is 4.56. The minimum atomic E-state index is 0.0345. The van der Waals surface area contributed by atoms with Crippen molar-refractivity contribution in [2.45, 2.75) is 13.5 Å². The van der Waals surface area contributed by atoms with E-state index >= 15 is 0 Å². The molecule has 0 amide bonds. The predicted octanol–water partition coefficient (Wildman–Crippen LogP) is 1.71. The Morgan fingerprint density at radius 1 is 1.35 bits per heavy atom. The minimum Gasteiger partial charge on any atom is -0.486 e. The fourth-order valence-corrected chi connectivity index (χ4v) is 1.68. The van der Waals surface area contributed by atoms with Gasteiger partial charge in [0.25, 0.3) is 0 Å². The second-order valence-electron chi connectivity index (χ2n) is 4.14. The Balaban J connectivity index is 1.91. The second kappa shape index (κ2) is 5.55. The molecular weight excluding hydrogens is 216 g/mol. The Hall–Kier alpha value is -1.73. The van der Waals surface area contributed by atoms with Crippen LogP contribution in [0.2, 0.25) is 0 Å². The number of nitrogens with zero attached hydrogens (tertiary/aromatic N) is 1. The molecule has 1 aliphatic rings. The molecule has 4 heteroatoms. The maximum atomic E-state index is 8.66. The summed E-state index contributed by atoms with van der Waals surface area (Å²) in [5, 5.41) is 11.9. The molecule has 1 unspecified atom stereocenters. The summed E-state index contributed by atoms with van der Waals surface area (Å²) in [7, 11) is 0. The maximum Gasteiger partial charge on any atom is 0.161 e. The van der Waals surface area contributed by atoms with Crippen molar-refractivity contribution in [3.63, 3.8) is 0 Å². The number of hydrogen-bond acceptors (Lipinski definition) is 4. The first-order valence-corrected chi connectivity index (χ1v) is 5.78. The molecule has 0 aromatic heterocycles. The van der Waals surface area contributed by atoms with E-state index in [1.165, 1.54) is 0 Å². The summed E-state index contributed by atoms with van der Waals surface area (Å²) >= 11 is 0. The number of ether oxygens (including phenoxy) is 2. The average Bonchev–Trinajstić information content (AvgIpc) is 2.38. The summed E-state index contributed by atoms with van der Waals surface area (Å²) in [6.07, 6.45) is 0. The predicted molar refractivity (Wildman–Crippen MR) is 63.9 cm³/mol. The average molecular weight is 232 g/mol. The van der Waals surface area contributed by atoms with Gasteiger partial charge < -0.3 is 14.8 Å².